The summed E-state index contributed by atoms with van der Waals surface area (Å²) < 4.78 is 0. The second-order valence-corrected chi connectivity index (χ2v) is 5.31. The molecule has 0 spiro atoms. The Labute approximate surface area is 119 Å². The number of unbranched alkanes of at least 4 members (excludes halogenated alkanes) is 1. The van der Waals surface area contributed by atoms with Crippen molar-refractivity contribution in [2.75, 3.05) is 37.6 Å². The standard InChI is InChI=1S/C16H20N4/c17-7-1-2-9-19-10-12-20(13-11-19)16-5-3-4-15-14(16)6-8-18-15/h3-6,8,18H,1-2,9-13H2. The molecule has 0 radical (unpaired) electrons. The van der Waals surface area contributed by atoms with E-state index >= 15 is 0 Å². The van der Waals surface area contributed by atoms with Crippen LogP contribution < -0.4 is 4.90 Å². The van der Waals surface area contributed by atoms with Crippen LogP contribution in [-0.4, -0.2) is 42.6 Å². The molecule has 1 fully saturated rings. The van der Waals surface area contributed by atoms with Crippen molar-refractivity contribution < 1.29 is 0 Å². The van der Waals surface area contributed by atoms with Gasteiger partial charge in [0, 0.05) is 55.4 Å². The van der Waals surface area contributed by atoms with E-state index in [1.54, 1.807) is 0 Å². The molecule has 1 saturated heterocycles. The zero-order valence-electron chi connectivity index (χ0n) is 11.7. The molecule has 0 amide bonds. The van der Waals surface area contributed by atoms with Gasteiger partial charge in [0.15, 0.2) is 0 Å². The number of nitrogens with zero attached hydrogens (tertiary/aromatic N) is 3. The molecular weight excluding hydrogens is 248 g/mol. The molecule has 1 aromatic carbocycles. The largest absolute Gasteiger partial charge is 0.368 e. The molecule has 1 aromatic heterocycles. The Morgan fingerprint density at radius 2 is 2.00 bits per heavy atom. The molecule has 4 heteroatoms. The lowest BCUT2D eigenvalue weighted by atomic mass is 10.1. The Morgan fingerprint density at radius 1 is 1.15 bits per heavy atom. The zero-order chi connectivity index (χ0) is 13.8. The third kappa shape index (κ3) is 2.63. The van der Waals surface area contributed by atoms with Crippen molar-refractivity contribution in [2.45, 2.75) is 12.8 Å². The minimum absolute atomic E-state index is 0.670. The molecule has 2 aromatic rings. The average Bonchev–Trinajstić information content (AvgIpc) is 2.97. The van der Waals surface area contributed by atoms with Gasteiger partial charge in [0.1, 0.15) is 0 Å². The topological polar surface area (TPSA) is 46.1 Å². The number of nitrogens with one attached hydrogen (secondary N) is 1. The summed E-state index contributed by atoms with van der Waals surface area (Å²) in [5.41, 5.74) is 2.54. The fourth-order valence-corrected chi connectivity index (χ4v) is 2.94. The third-order valence-electron chi connectivity index (χ3n) is 4.05. The number of H-pyrrole nitrogens is 1. The Bertz CT molecular complexity index is 602. The van der Waals surface area contributed by atoms with Crippen molar-refractivity contribution in [1.29, 1.82) is 5.26 Å². The number of piperazine rings is 1. The fourth-order valence-electron chi connectivity index (χ4n) is 2.94. The first-order chi connectivity index (χ1) is 9.88. The van der Waals surface area contributed by atoms with E-state index in [9.17, 15) is 0 Å². The van der Waals surface area contributed by atoms with E-state index in [2.05, 4.69) is 45.1 Å². The molecule has 1 N–H and O–H groups in total. The Hall–Kier alpha value is -1.99. The number of nitriles is 1. The summed E-state index contributed by atoms with van der Waals surface area (Å²) in [6.07, 6.45) is 3.67. The molecule has 104 valence electrons. The molecule has 0 unspecified atom stereocenters. The monoisotopic (exact) mass is 268 g/mol. The van der Waals surface area contributed by atoms with E-state index in [0.717, 1.165) is 39.1 Å². The van der Waals surface area contributed by atoms with Crippen molar-refractivity contribution in [3.63, 3.8) is 0 Å². The second kappa shape index (κ2) is 5.98. The summed E-state index contributed by atoms with van der Waals surface area (Å²) >= 11 is 0. The second-order valence-electron chi connectivity index (χ2n) is 5.31. The Kier molecular flexibility index (Phi) is 3.89. The van der Waals surface area contributed by atoms with Crippen LogP contribution >= 0.6 is 0 Å². The number of hydrogen-bond acceptors (Lipinski definition) is 3. The van der Waals surface area contributed by atoms with Gasteiger partial charge in [-0.3, -0.25) is 4.90 Å². The number of aromatic nitrogens is 1. The SMILES string of the molecule is N#CCCCN1CCN(c2cccc3[nH]ccc23)CC1. The molecule has 1 aliphatic rings. The van der Waals surface area contributed by atoms with Crippen LogP contribution in [0.2, 0.25) is 0 Å². The summed E-state index contributed by atoms with van der Waals surface area (Å²) in [7, 11) is 0. The van der Waals surface area contributed by atoms with Gasteiger partial charge in [-0.05, 0) is 31.2 Å². The first-order valence-corrected chi connectivity index (χ1v) is 7.29. The van der Waals surface area contributed by atoms with Crippen molar-refractivity contribution in [2.24, 2.45) is 0 Å². The highest BCUT2D eigenvalue weighted by Crippen LogP contribution is 2.26. The quantitative estimate of drug-likeness (QED) is 0.867. The highest BCUT2D eigenvalue weighted by atomic mass is 15.3. The number of anilines is 1. The van der Waals surface area contributed by atoms with E-state index < -0.39 is 0 Å². The van der Waals surface area contributed by atoms with E-state index in [1.807, 2.05) is 6.20 Å². The van der Waals surface area contributed by atoms with Crippen molar-refractivity contribution in [3.8, 4) is 6.07 Å². The maximum Gasteiger partial charge on any atom is 0.0622 e. The van der Waals surface area contributed by atoms with Crippen LogP contribution in [0.25, 0.3) is 10.9 Å². The predicted molar refractivity (Wildman–Crippen MR) is 81.8 cm³/mol. The van der Waals surface area contributed by atoms with E-state index in [4.69, 9.17) is 5.26 Å². The lowest BCUT2D eigenvalue weighted by molar-refractivity contribution is 0.256. The van der Waals surface area contributed by atoms with Gasteiger partial charge in [-0.2, -0.15) is 5.26 Å². The molecule has 0 bridgehead atoms. The maximum atomic E-state index is 8.59. The maximum absolute atomic E-state index is 8.59. The number of hydrogen-bond donors (Lipinski definition) is 1. The fraction of sp³-hybridized carbons (Fsp3) is 0.438. The van der Waals surface area contributed by atoms with Crippen molar-refractivity contribution in [3.05, 3.63) is 30.5 Å². The van der Waals surface area contributed by atoms with Crippen LogP contribution in [0.4, 0.5) is 5.69 Å². The summed E-state index contributed by atoms with van der Waals surface area (Å²) in [6.45, 7) is 5.36. The number of rotatable bonds is 4. The normalized spacial score (nSPS) is 16.4. The smallest absolute Gasteiger partial charge is 0.0622 e. The zero-order valence-corrected chi connectivity index (χ0v) is 11.7. The summed E-state index contributed by atoms with van der Waals surface area (Å²) in [4.78, 5) is 8.21. The van der Waals surface area contributed by atoms with Crippen LogP contribution in [0.1, 0.15) is 12.8 Å². The molecule has 4 nitrogen and oxygen atoms in total. The molecular formula is C16H20N4. The van der Waals surface area contributed by atoms with E-state index in [1.165, 1.54) is 16.6 Å². The van der Waals surface area contributed by atoms with Gasteiger partial charge >= 0.3 is 0 Å². The van der Waals surface area contributed by atoms with Gasteiger partial charge in [0.2, 0.25) is 0 Å². The van der Waals surface area contributed by atoms with E-state index in [-0.39, 0.29) is 0 Å². The minimum Gasteiger partial charge on any atom is -0.368 e. The molecule has 20 heavy (non-hydrogen) atoms. The van der Waals surface area contributed by atoms with Gasteiger partial charge < -0.3 is 9.88 Å². The van der Waals surface area contributed by atoms with E-state index in [0.29, 0.717) is 6.42 Å². The number of benzene rings is 1. The van der Waals surface area contributed by atoms with Crippen LogP contribution in [0.15, 0.2) is 30.5 Å². The van der Waals surface area contributed by atoms with Crippen LogP contribution in [-0.2, 0) is 0 Å². The highest BCUT2D eigenvalue weighted by molar-refractivity contribution is 5.92. The first-order valence-electron chi connectivity index (χ1n) is 7.29. The van der Waals surface area contributed by atoms with Crippen LogP contribution in [0.5, 0.6) is 0 Å². The van der Waals surface area contributed by atoms with Gasteiger partial charge in [0.05, 0.1) is 6.07 Å². The third-order valence-corrected chi connectivity index (χ3v) is 4.05. The van der Waals surface area contributed by atoms with Gasteiger partial charge in [-0.25, -0.2) is 0 Å². The molecule has 0 atom stereocenters. The molecule has 0 aliphatic carbocycles. The Morgan fingerprint density at radius 3 is 2.80 bits per heavy atom. The van der Waals surface area contributed by atoms with Crippen LogP contribution in [0, 0.1) is 11.3 Å². The highest BCUT2D eigenvalue weighted by Gasteiger charge is 2.18. The Balaban J connectivity index is 1.63. The molecule has 2 heterocycles. The van der Waals surface area contributed by atoms with Gasteiger partial charge in [0.25, 0.3) is 0 Å². The van der Waals surface area contributed by atoms with Gasteiger partial charge in [-0.1, -0.05) is 6.07 Å². The average molecular weight is 268 g/mol. The lowest BCUT2D eigenvalue weighted by Crippen LogP contribution is -2.46. The molecule has 1 aliphatic heterocycles. The number of fused-ring (bicyclic) bond motifs is 1. The van der Waals surface area contributed by atoms with Crippen LogP contribution in [0.3, 0.4) is 0 Å². The summed E-state index contributed by atoms with van der Waals surface area (Å²) in [5, 5.41) is 9.90. The summed E-state index contributed by atoms with van der Waals surface area (Å²) in [6, 6.07) is 10.8. The molecule has 3 rings (SSSR count). The summed E-state index contributed by atoms with van der Waals surface area (Å²) in [5.74, 6) is 0. The lowest BCUT2D eigenvalue weighted by Gasteiger charge is -2.36. The number of aromatic amines is 1. The van der Waals surface area contributed by atoms with Crippen molar-refractivity contribution in [1.82, 2.24) is 9.88 Å². The van der Waals surface area contributed by atoms with Gasteiger partial charge in [-0.15, -0.1) is 0 Å². The molecule has 0 saturated carbocycles. The first kappa shape index (κ1) is 13.0. The minimum atomic E-state index is 0.670. The van der Waals surface area contributed by atoms with Crippen molar-refractivity contribution >= 4 is 16.6 Å². The predicted octanol–water partition coefficient (Wildman–Crippen LogP) is 2.59.